The largest absolute Gasteiger partial charge is 0.483 e. The Balaban J connectivity index is 1.70. The van der Waals surface area contributed by atoms with Crippen LogP contribution in [-0.2, 0) is 41.1 Å². The van der Waals surface area contributed by atoms with Gasteiger partial charge in [0.15, 0.2) is 30.1 Å². The molecule has 0 aliphatic carbocycles. The quantitative estimate of drug-likeness (QED) is 0.0721. The molecular formula is C15H24N5O17P3. The van der Waals surface area contributed by atoms with Crippen molar-refractivity contribution in [3.05, 3.63) is 12.7 Å². The molecule has 0 spiro atoms. The predicted molar refractivity (Wildman–Crippen MR) is 123 cm³/mol. The van der Waals surface area contributed by atoms with Crippen molar-refractivity contribution in [1.82, 2.24) is 19.5 Å². The lowest BCUT2D eigenvalue weighted by molar-refractivity contribution is -0.126. The summed E-state index contributed by atoms with van der Waals surface area (Å²) in [5, 5.41) is 40.7. The number of aromatic nitrogens is 4. The van der Waals surface area contributed by atoms with Crippen LogP contribution in [0.15, 0.2) is 12.7 Å². The lowest BCUT2D eigenvalue weighted by Crippen LogP contribution is -2.42. The molecule has 3 heterocycles. The standard InChI is InChI=1S/C15H24N5O17P3/c16-13-9-14(18-4-17-13)20(5-19-9)15-12(25)11(24)8(35-15)3-34-40(32,37-39(29,30)31)33-2-6(22)10(23)7(1-21)36-38(26,27)28/h1,4-8,10-12,15,22-25H,2-3H2,(H2,16,17,18)(H2,26,27,28)(H2,29,30,31)/t6-,7+,8-,10-,11-,12-,15-,40?/m1/s1. The molecule has 0 aromatic carbocycles. The number of nitrogens with zero attached hydrogens (tertiary/aromatic N) is 4. The number of imidazole rings is 1. The lowest BCUT2D eigenvalue weighted by atomic mass is 10.1. The number of rotatable bonds is 14. The van der Waals surface area contributed by atoms with Gasteiger partial charge in [0.2, 0.25) is 0 Å². The molecule has 2 aromatic rings. The van der Waals surface area contributed by atoms with Crippen LogP contribution >= 0.6 is 23.5 Å². The number of phosphoric acid groups is 3. The third-order valence-electron chi connectivity index (χ3n) is 5.13. The number of phosphoric ester groups is 2. The number of hydrogen-bond donors (Lipinski definition) is 9. The van der Waals surface area contributed by atoms with E-state index in [-0.39, 0.29) is 23.3 Å². The molecule has 22 nitrogen and oxygen atoms in total. The van der Waals surface area contributed by atoms with Crippen molar-refractivity contribution >= 4 is 46.7 Å². The SMILES string of the molecule is Nc1ncnc2c1ncn2[C@@H]1O[C@H](COP(=O)(OC[C@@H](O)[C@@H](O)[C@H](C=O)OP(=O)(O)O)OP(=O)(O)O)[C@@H](O)[C@H]1O. The van der Waals surface area contributed by atoms with E-state index in [1.165, 1.54) is 10.9 Å². The fraction of sp³-hybridized carbons (Fsp3) is 0.600. The molecule has 1 unspecified atom stereocenters. The molecular weight excluding hydrogens is 615 g/mol. The normalized spacial score (nSPS) is 25.9. The summed E-state index contributed by atoms with van der Waals surface area (Å²) in [7, 11) is -16.3. The van der Waals surface area contributed by atoms with Crippen LogP contribution in [-0.4, -0.2) is 116 Å². The second-order valence-corrected chi connectivity index (χ2v) is 12.2. The van der Waals surface area contributed by atoms with E-state index >= 15 is 0 Å². The average Bonchev–Trinajstić information content (AvgIpc) is 3.39. The number of fused-ring (bicyclic) bond motifs is 1. The average molecular weight is 639 g/mol. The number of anilines is 1. The van der Waals surface area contributed by atoms with Crippen molar-refractivity contribution in [2.75, 3.05) is 18.9 Å². The van der Waals surface area contributed by atoms with E-state index in [1.807, 2.05) is 0 Å². The molecule has 0 saturated carbocycles. The van der Waals surface area contributed by atoms with Crippen molar-refractivity contribution < 1.29 is 81.1 Å². The summed E-state index contributed by atoms with van der Waals surface area (Å²) < 4.78 is 59.2. The van der Waals surface area contributed by atoms with E-state index in [0.29, 0.717) is 0 Å². The van der Waals surface area contributed by atoms with Gasteiger partial charge < -0.3 is 55.3 Å². The van der Waals surface area contributed by atoms with Crippen LogP contribution in [0, 0.1) is 0 Å². The summed E-state index contributed by atoms with van der Waals surface area (Å²) in [5.41, 5.74) is 5.96. The highest BCUT2D eigenvalue weighted by atomic mass is 31.3. The predicted octanol–water partition coefficient (Wildman–Crippen LogP) is -3.32. The van der Waals surface area contributed by atoms with E-state index in [4.69, 9.17) is 34.6 Å². The van der Waals surface area contributed by atoms with Gasteiger partial charge in [0.1, 0.15) is 42.4 Å². The van der Waals surface area contributed by atoms with Gasteiger partial charge in [0, 0.05) is 0 Å². The summed E-state index contributed by atoms with van der Waals surface area (Å²) in [6.07, 6.45) is -11.3. The number of nitrogens with two attached hydrogens (primary N) is 1. The van der Waals surface area contributed by atoms with E-state index in [2.05, 4.69) is 28.3 Å². The topological polar surface area (TPSA) is 346 Å². The number of carbonyl (C=O) groups is 1. The van der Waals surface area contributed by atoms with Crippen LogP contribution in [0.1, 0.15) is 6.23 Å². The maximum absolute atomic E-state index is 12.9. The highest BCUT2D eigenvalue weighted by Gasteiger charge is 2.47. The Morgan fingerprint density at radius 2 is 1.73 bits per heavy atom. The minimum atomic E-state index is -5.63. The zero-order valence-electron chi connectivity index (χ0n) is 19.6. The lowest BCUT2D eigenvalue weighted by Gasteiger charge is -2.25. The third-order valence-corrected chi connectivity index (χ3v) is 8.23. The number of aliphatic hydroxyl groups excluding tert-OH is 4. The Morgan fingerprint density at radius 1 is 1.05 bits per heavy atom. The minimum Gasteiger partial charge on any atom is -0.388 e. The summed E-state index contributed by atoms with van der Waals surface area (Å²) in [5.74, 6) is 0.00408. The molecule has 25 heteroatoms. The number of ether oxygens (including phenoxy) is 1. The second-order valence-electron chi connectivity index (χ2n) is 7.99. The van der Waals surface area contributed by atoms with Crippen molar-refractivity contribution in [3.63, 3.8) is 0 Å². The maximum atomic E-state index is 12.9. The molecule has 1 saturated heterocycles. The van der Waals surface area contributed by atoms with E-state index in [9.17, 15) is 38.9 Å². The number of carbonyl (C=O) groups excluding carboxylic acids is 1. The molecule has 226 valence electrons. The monoisotopic (exact) mass is 639 g/mol. The van der Waals surface area contributed by atoms with Crippen molar-refractivity contribution in [3.8, 4) is 0 Å². The molecule has 3 rings (SSSR count). The Bertz CT molecular complexity index is 1330. The van der Waals surface area contributed by atoms with Crippen LogP contribution in [0.3, 0.4) is 0 Å². The van der Waals surface area contributed by atoms with Crippen LogP contribution in [0.5, 0.6) is 0 Å². The Labute approximate surface area is 222 Å². The summed E-state index contributed by atoms with van der Waals surface area (Å²) in [4.78, 5) is 58.4. The molecule has 2 aromatic heterocycles. The Kier molecular flexibility index (Phi) is 10.3. The molecule has 8 atom stereocenters. The molecule has 0 amide bonds. The first kappa shape index (κ1) is 32.7. The van der Waals surface area contributed by atoms with Gasteiger partial charge in [-0.05, 0) is 0 Å². The van der Waals surface area contributed by atoms with Crippen molar-refractivity contribution in [2.24, 2.45) is 0 Å². The molecule has 1 aliphatic rings. The van der Waals surface area contributed by atoms with Gasteiger partial charge in [-0.1, -0.05) is 0 Å². The fourth-order valence-corrected chi connectivity index (χ4v) is 5.99. The van der Waals surface area contributed by atoms with Crippen LogP contribution < -0.4 is 5.73 Å². The van der Waals surface area contributed by atoms with Gasteiger partial charge in [-0.2, -0.15) is 4.31 Å². The third kappa shape index (κ3) is 8.14. The van der Waals surface area contributed by atoms with Crippen LogP contribution in [0.25, 0.3) is 11.2 Å². The van der Waals surface area contributed by atoms with E-state index < -0.39 is 79.5 Å². The van der Waals surface area contributed by atoms with Crippen molar-refractivity contribution in [2.45, 2.75) is 42.9 Å². The summed E-state index contributed by atoms with van der Waals surface area (Å²) in [6.45, 7) is -2.36. The molecule has 0 radical (unpaired) electrons. The van der Waals surface area contributed by atoms with E-state index in [1.54, 1.807) is 0 Å². The number of aliphatic hydroxyl groups is 4. The highest BCUT2D eigenvalue weighted by molar-refractivity contribution is 7.61. The zero-order valence-corrected chi connectivity index (χ0v) is 22.3. The number of aldehydes is 1. The maximum Gasteiger partial charge on any atom is 0.483 e. The minimum absolute atomic E-state index is 0.00408. The van der Waals surface area contributed by atoms with Crippen molar-refractivity contribution in [1.29, 1.82) is 0 Å². The van der Waals surface area contributed by atoms with Gasteiger partial charge in [0.05, 0.1) is 19.5 Å². The summed E-state index contributed by atoms with van der Waals surface area (Å²) in [6, 6.07) is 0. The number of nitrogen functional groups attached to an aromatic ring is 1. The summed E-state index contributed by atoms with van der Waals surface area (Å²) >= 11 is 0. The fourth-order valence-electron chi connectivity index (χ4n) is 3.34. The van der Waals surface area contributed by atoms with Crippen LogP contribution in [0.2, 0.25) is 0 Å². The first-order valence-electron chi connectivity index (χ1n) is 10.6. The van der Waals surface area contributed by atoms with Gasteiger partial charge in [-0.3, -0.25) is 18.1 Å². The smallest absolute Gasteiger partial charge is 0.388 e. The molecule has 40 heavy (non-hydrogen) atoms. The molecule has 0 bridgehead atoms. The van der Waals surface area contributed by atoms with Gasteiger partial charge in [0.25, 0.3) is 0 Å². The zero-order chi connectivity index (χ0) is 30.0. The molecule has 1 fully saturated rings. The van der Waals surface area contributed by atoms with Gasteiger partial charge in [-0.25, -0.2) is 28.6 Å². The van der Waals surface area contributed by atoms with Crippen LogP contribution in [0.4, 0.5) is 5.82 Å². The Hall–Kier alpha value is -1.81. The molecule has 10 N–H and O–H groups in total. The highest BCUT2D eigenvalue weighted by Crippen LogP contribution is 2.61. The Morgan fingerprint density at radius 3 is 2.33 bits per heavy atom. The first-order valence-corrected chi connectivity index (χ1v) is 15.1. The molecule has 1 aliphatic heterocycles. The first-order chi connectivity index (χ1) is 18.4. The van der Waals surface area contributed by atoms with Gasteiger partial charge in [-0.15, -0.1) is 0 Å². The second kappa shape index (κ2) is 12.6. The van der Waals surface area contributed by atoms with Gasteiger partial charge >= 0.3 is 23.5 Å². The van der Waals surface area contributed by atoms with E-state index in [0.717, 1.165) is 6.33 Å². The number of hydrogen-bond acceptors (Lipinski definition) is 17.